The molecule has 5 heteroatoms. The van der Waals surface area contributed by atoms with Crippen LogP contribution in [-0.4, -0.2) is 20.5 Å². The second kappa shape index (κ2) is 4.42. The molecular weight excluding hydrogens is 274 g/mol. The summed E-state index contributed by atoms with van der Waals surface area (Å²) in [4.78, 5) is 16.5. The molecule has 1 aromatic heterocycles. The summed E-state index contributed by atoms with van der Waals surface area (Å²) < 4.78 is 1.89. The predicted molar refractivity (Wildman–Crippen MR) is 75.0 cm³/mol. The SMILES string of the molecule is O=C(c1nc2n(n1)C(c1ccccc1Cl)CC2)C1CC1. The summed E-state index contributed by atoms with van der Waals surface area (Å²) in [7, 11) is 0. The Kier molecular flexibility index (Phi) is 2.67. The summed E-state index contributed by atoms with van der Waals surface area (Å²) in [6.45, 7) is 0. The third-order valence-corrected chi connectivity index (χ3v) is 4.42. The van der Waals surface area contributed by atoms with E-state index in [0.717, 1.165) is 42.1 Å². The van der Waals surface area contributed by atoms with Gasteiger partial charge in [-0.25, -0.2) is 9.67 Å². The Morgan fingerprint density at radius 2 is 2.05 bits per heavy atom. The third kappa shape index (κ3) is 1.86. The van der Waals surface area contributed by atoms with Crippen LogP contribution < -0.4 is 0 Å². The van der Waals surface area contributed by atoms with E-state index in [9.17, 15) is 4.79 Å². The summed E-state index contributed by atoms with van der Waals surface area (Å²) in [6.07, 6.45) is 3.76. The van der Waals surface area contributed by atoms with Crippen LogP contribution in [0.2, 0.25) is 5.02 Å². The number of rotatable bonds is 3. The molecule has 0 saturated heterocycles. The number of ketones is 1. The molecule has 1 unspecified atom stereocenters. The van der Waals surface area contributed by atoms with Crippen molar-refractivity contribution in [2.75, 3.05) is 0 Å². The van der Waals surface area contributed by atoms with Gasteiger partial charge in [0.2, 0.25) is 11.6 Å². The Morgan fingerprint density at radius 1 is 1.25 bits per heavy atom. The number of fused-ring (bicyclic) bond motifs is 1. The number of carbonyl (C=O) groups excluding carboxylic acids is 1. The van der Waals surface area contributed by atoms with Gasteiger partial charge in [-0.2, -0.15) is 0 Å². The number of carbonyl (C=O) groups is 1. The molecule has 1 aliphatic heterocycles. The maximum atomic E-state index is 12.1. The summed E-state index contributed by atoms with van der Waals surface area (Å²) in [5.74, 6) is 1.56. The molecule has 2 aromatic rings. The predicted octanol–water partition coefficient (Wildman–Crippen LogP) is 3.06. The molecule has 1 aromatic carbocycles. The van der Waals surface area contributed by atoms with E-state index < -0.39 is 0 Å². The van der Waals surface area contributed by atoms with Crippen LogP contribution >= 0.6 is 11.6 Å². The van der Waals surface area contributed by atoms with Gasteiger partial charge in [0.25, 0.3) is 0 Å². The molecule has 0 amide bonds. The van der Waals surface area contributed by atoms with E-state index in [1.165, 1.54) is 0 Å². The molecule has 0 bridgehead atoms. The smallest absolute Gasteiger partial charge is 0.217 e. The number of aryl methyl sites for hydroxylation is 1. The van der Waals surface area contributed by atoms with Crippen LogP contribution in [0.3, 0.4) is 0 Å². The topological polar surface area (TPSA) is 47.8 Å². The quantitative estimate of drug-likeness (QED) is 0.815. The van der Waals surface area contributed by atoms with Crippen molar-refractivity contribution in [2.45, 2.75) is 31.7 Å². The lowest BCUT2D eigenvalue weighted by Crippen LogP contribution is -2.10. The molecule has 0 radical (unpaired) electrons. The zero-order chi connectivity index (χ0) is 13.7. The van der Waals surface area contributed by atoms with Crippen LogP contribution in [0.15, 0.2) is 24.3 Å². The van der Waals surface area contributed by atoms with Crippen molar-refractivity contribution in [1.82, 2.24) is 14.8 Å². The van der Waals surface area contributed by atoms with Gasteiger partial charge in [-0.05, 0) is 30.9 Å². The highest BCUT2D eigenvalue weighted by molar-refractivity contribution is 6.31. The van der Waals surface area contributed by atoms with Gasteiger partial charge in [-0.1, -0.05) is 29.8 Å². The number of hydrogen-bond acceptors (Lipinski definition) is 3. The average molecular weight is 288 g/mol. The minimum atomic E-state index is 0.102. The lowest BCUT2D eigenvalue weighted by Gasteiger charge is -2.13. The minimum absolute atomic E-state index is 0.102. The van der Waals surface area contributed by atoms with Gasteiger partial charge in [0.1, 0.15) is 5.82 Å². The number of Topliss-reactive ketones (excluding diaryl/α,β-unsaturated/α-hetero) is 1. The summed E-state index contributed by atoms with van der Waals surface area (Å²) in [6, 6.07) is 7.91. The molecule has 2 aliphatic rings. The van der Waals surface area contributed by atoms with Crippen LogP contribution in [0.4, 0.5) is 0 Å². The van der Waals surface area contributed by atoms with Gasteiger partial charge in [-0.3, -0.25) is 4.79 Å². The Bertz CT molecular complexity index is 690. The largest absolute Gasteiger partial charge is 0.290 e. The molecular formula is C15H14ClN3O. The van der Waals surface area contributed by atoms with Crippen molar-refractivity contribution >= 4 is 17.4 Å². The Balaban J connectivity index is 1.71. The molecule has 1 atom stereocenters. The standard InChI is InChI=1S/C15H14ClN3O/c16-11-4-2-1-3-10(11)12-7-8-13-17-15(18-19(12)13)14(20)9-5-6-9/h1-4,9,12H,5-8H2. The van der Waals surface area contributed by atoms with Gasteiger partial charge in [0.05, 0.1) is 6.04 Å². The first-order chi connectivity index (χ1) is 9.74. The minimum Gasteiger partial charge on any atom is -0.290 e. The molecule has 2 heterocycles. The van der Waals surface area contributed by atoms with Crippen molar-refractivity contribution in [3.05, 3.63) is 46.5 Å². The number of aromatic nitrogens is 3. The molecule has 4 rings (SSSR count). The number of halogens is 1. The van der Waals surface area contributed by atoms with Gasteiger partial charge in [0.15, 0.2) is 0 Å². The van der Waals surface area contributed by atoms with E-state index in [1.54, 1.807) is 0 Å². The lowest BCUT2D eigenvalue weighted by molar-refractivity contribution is 0.0957. The average Bonchev–Trinajstić information content (AvgIpc) is 3.09. The second-order valence-corrected chi connectivity index (χ2v) is 5.92. The fraction of sp³-hybridized carbons (Fsp3) is 0.400. The summed E-state index contributed by atoms with van der Waals surface area (Å²) in [5.41, 5.74) is 1.06. The van der Waals surface area contributed by atoms with Crippen LogP contribution in [0.5, 0.6) is 0 Å². The molecule has 1 saturated carbocycles. The second-order valence-electron chi connectivity index (χ2n) is 5.51. The van der Waals surface area contributed by atoms with E-state index in [0.29, 0.717) is 5.82 Å². The van der Waals surface area contributed by atoms with E-state index in [1.807, 2.05) is 28.9 Å². The van der Waals surface area contributed by atoms with Crippen molar-refractivity contribution in [3.63, 3.8) is 0 Å². The monoisotopic (exact) mass is 287 g/mol. The van der Waals surface area contributed by atoms with Crippen LogP contribution in [-0.2, 0) is 6.42 Å². The number of benzene rings is 1. The fourth-order valence-corrected chi connectivity index (χ4v) is 3.09. The van der Waals surface area contributed by atoms with Gasteiger partial charge in [-0.15, -0.1) is 5.10 Å². The lowest BCUT2D eigenvalue weighted by atomic mass is 10.1. The van der Waals surface area contributed by atoms with Crippen LogP contribution in [0.1, 0.15) is 47.3 Å². The summed E-state index contributed by atoms with van der Waals surface area (Å²) >= 11 is 6.27. The van der Waals surface area contributed by atoms with Crippen molar-refractivity contribution in [1.29, 1.82) is 0 Å². The maximum Gasteiger partial charge on any atom is 0.217 e. The van der Waals surface area contributed by atoms with Gasteiger partial charge in [0, 0.05) is 17.4 Å². The molecule has 20 heavy (non-hydrogen) atoms. The normalized spacial score (nSPS) is 20.9. The summed E-state index contributed by atoms with van der Waals surface area (Å²) in [5, 5.41) is 5.19. The zero-order valence-electron chi connectivity index (χ0n) is 10.9. The third-order valence-electron chi connectivity index (χ3n) is 4.07. The highest BCUT2D eigenvalue weighted by Gasteiger charge is 2.35. The molecule has 4 nitrogen and oxygen atoms in total. The number of nitrogens with zero attached hydrogens (tertiary/aromatic N) is 3. The van der Waals surface area contributed by atoms with E-state index in [-0.39, 0.29) is 17.7 Å². The van der Waals surface area contributed by atoms with E-state index in [2.05, 4.69) is 10.1 Å². The van der Waals surface area contributed by atoms with Gasteiger partial charge < -0.3 is 0 Å². The van der Waals surface area contributed by atoms with Crippen molar-refractivity contribution < 1.29 is 4.79 Å². The zero-order valence-corrected chi connectivity index (χ0v) is 11.7. The first-order valence-corrected chi connectivity index (χ1v) is 7.36. The Hall–Kier alpha value is -1.68. The van der Waals surface area contributed by atoms with Crippen molar-refractivity contribution in [3.8, 4) is 0 Å². The molecule has 0 spiro atoms. The highest BCUT2D eigenvalue weighted by Crippen LogP contribution is 2.36. The maximum absolute atomic E-state index is 12.1. The first kappa shape index (κ1) is 12.1. The molecule has 1 aliphatic carbocycles. The first-order valence-electron chi connectivity index (χ1n) is 6.98. The fourth-order valence-electron chi connectivity index (χ4n) is 2.83. The number of hydrogen-bond donors (Lipinski definition) is 0. The Labute approximate surface area is 121 Å². The highest BCUT2D eigenvalue weighted by atomic mass is 35.5. The van der Waals surface area contributed by atoms with Gasteiger partial charge >= 0.3 is 0 Å². The molecule has 1 fully saturated rings. The van der Waals surface area contributed by atoms with Crippen molar-refractivity contribution in [2.24, 2.45) is 5.92 Å². The van der Waals surface area contributed by atoms with E-state index in [4.69, 9.17) is 11.6 Å². The molecule has 102 valence electrons. The Morgan fingerprint density at radius 3 is 2.80 bits per heavy atom. The van der Waals surface area contributed by atoms with E-state index >= 15 is 0 Å². The molecule has 0 N–H and O–H groups in total. The van der Waals surface area contributed by atoms with Crippen LogP contribution in [0.25, 0.3) is 0 Å². The van der Waals surface area contributed by atoms with Crippen LogP contribution in [0, 0.1) is 5.92 Å².